The Morgan fingerprint density at radius 1 is 1.73 bits per heavy atom. The van der Waals surface area contributed by atoms with Gasteiger partial charge in [-0.3, -0.25) is 4.79 Å². The SMILES string of the molecule is CC(C)[N+]1(CC=O)NCCO1. The van der Waals surface area contributed by atoms with E-state index in [0.29, 0.717) is 13.2 Å². The standard InChI is InChI=1S/C7H15N2O2/c1-7(2)9(4-5-10)8-3-6-11-9/h5,7-8H,3-4,6H2,1-2H3/q+1. The van der Waals surface area contributed by atoms with Crippen LogP contribution in [0, 0.1) is 0 Å². The van der Waals surface area contributed by atoms with E-state index in [4.69, 9.17) is 4.84 Å². The van der Waals surface area contributed by atoms with Gasteiger partial charge in [0.05, 0.1) is 6.54 Å². The van der Waals surface area contributed by atoms with Crippen LogP contribution in [-0.4, -0.2) is 36.8 Å². The molecule has 0 saturated carbocycles. The van der Waals surface area contributed by atoms with E-state index in [1.54, 1.807) is 0 Å². The number of carbonyl (C=O) groups excluding carboxylic acids is 1. The molecule has 0 aromatic carbocycles. The van der Waals surface area contributed by atoms with E-state index in [2.05, 4.69) is 5.43 Å². The average molecular weight is 159 g/mol. The Labute approximate surface area is 66.6 Å². The van der Waals surface area contributed by atoms with Crippen LogP contribution >= 0.6 is 0 Å². The molecule has 0 amide bonds. The van der Waals surface area contributed by atoms with Crippen LogP contribution in [0.4, 0.5) is 0 Å². The van der Waals surface area contributed by atoms with Gasteiger partial charge in [0.1, 0.15) is 12.6 Å². The van der Waals surface area contributed by atoms with Crippen LogP contribution in [-0.2, 0) is 9.63 Å². The van der Waals surface area contributed by atoms with Crippen molar-refractivity contribution in [2.24, 2.45) is 0 Å². The van der Waals surface area contributed by atoms with Crippen molar-refractivity contribution >= 4 is 6.29 Å². The summed E-state index contributed by atoms with van der Waals surface area (Å²) >= 11 is 0. The van der Waals surface area contributed by atoms with Gasteiger partial charge in [0.25, 0.3) is 0 Å². The molecule has 0 aromatic rings. The quantitative estimate of drug-likeness (QED) is 0.460. The lowest BCUT2D eigenvalue weighted by molar-refractivity contribution is -1.13. The van der Waals surface area contributed by atoms with E-state index >= 15 is 0 Å². The van der Waals surface area contributed by atoms with E-state index < -0.39 is 0 Å². The number of rotatable bonds is 3. The van der Waals surface area contributed by atoms with Gasteiger partial charge in [-0.2, -0.15) is 4.84 Å². The molecule has 0 aliphatic carbocycles. The smallest absolute Gasteiger partial charge is 0.184 e. The number of hydroxylamine groups is 2. The molecular weight excluding hydrogens is 144 g/mol. The molecule has 1 atom stereocenters. The Morgan fingerprint density at radius 3 is 2.82 bits per heavy atom. The fourth-order valence-corrected chi connectivity index (χ4v) is 1.26. The minimum Gasteiger partial charge on any atom is -0.297 e. The third-order valence-electron chi connectivity index (χ3n) is 1.98. The van der Waals surface area contributed by atoms with Crippen molar-refractivity contribution < 1.29 is 14.4 Å². The topological polar surface area (TPSA) is 38.3 Å². The molecule has 1 aliphatic heterocycles. The molecule has 1 N–H and O–H groups in total. The lowest BCUT2D eigenvalue weighted by atomic mass is 10.3. The van der Waals surface area contributed by atoms with Gasteiger partial charge in [-0.15, -0.1) is 5.43 Å². The summed E-state index contributed by atoms with van der Waals surface area (Å²) in [6.07, 6.45) is 0.887. The molecule has 1 fully saturated rings. The van der Waals surface area contributed by atoms with Gasteiger partial charge in [0.15, 0.2) is 12.8 Å². The lowest BCUT2D eigenvalue weighted by Gasteiger charge is -2.30. The molecule has 11 heavy (non-hydrogen) atoms. The summed E-state index contributed by atoms with van der Waals surface area (Å²) in [4.78, 5) is 15.8. The zero-order valence-electron chi connectivity index (χ0n) is 7.04. The van der Waals surface area contributed by atoms with Crippen LogP contribution in [0.5, 0.6) is 0 Å². The van der Waals surface area contributed by atoms with Gasteiger partial charge in [0, 0.05) is 0 Å². The van der Waals surface area contributed by atoms with Crippen LogP contribution in [0.25, 0.3) is 0 Å². The van der Waals surface area contributed by atoms with Crippen LogP contribution in [0.3, 0.4) is 0 Å². The second-order valence-corrected chi connectivity index (χ2v) is 2.98. The summed E-state index contributed by atoms with van der Waals surface area (Å²) in [6, 6.07) is 0.280. The first-order chi connectivity index (χ1) is 5.21. The maximum Gasteiger partial charge on any atom is 0.184 e. The van der Waals surface area contributed by atoms with E-state index in [9.17, 15) is 4.79 Å². The third kappa shape index (κ3) is 1.58. The van der Waals surface area contributed by atoms with Crippen molar-refractivity contribution in [1.82, 2.24) is 5.43 Å². The summed E-state index contributed by atoms with van der Waals surface area (Å²) in [5.74, 6) is 0. The highest BCUT2D eigenvalue weighted by Crippen LogP contribution is 2.13. The maximum atomic E-state index is 10.3. The Hall–Kier alpha value is -0.450. The molecule has 64 valence electrons. The predicted molar refractivity (Wildman–Crippen MR) is 40.3 cm³/mol. The molecule has 0 radical (unpaired) electrons. The van der Waals surface area contributed by atoms with Gasteiger partial charge >= 0.3 is 0 Å². The van der Waals surface area contributed by atoms with Crippen molar-refractivity contribution in [1.29, 1.82) is 0 Å². The summed E-state index contributed by atoms with van der Waals surface area (Å²) in [5.41, 5.74) is 3.15. The summed E-state index contributed by atoms with van der Waals surface area (Å²) < 4.78 is 0.281. The van der Waals surface area contributed by atoms with Gasteiger partial charge in [-0.05, 0) is 13.8 Å². The number of nitrogens with zero attached hydrogens (tertiary/aromatic N) is 1. The molecule has 1 aliphatic rings. The Morgan fingerprint density at radius 2 is 2.45 bits per heavy atom. The molecule has 1 heterocycles. The van der Waals surface area contributed by atoms with E-state index in [1.165, 1.54) is 0 Å². The van der Waals surface area contributed by atoms with Crippen LogP contribution in [0.1, 0.15) is 13.8 Å². The number of carbonyl (C=O) groups is 1. The lowest BCUT2D eigenvalue weighted by Crippen LogP contribution is -2.58. The highest BCUT2D eigenvalue weighted by atomic mass is 16.8. The number of hydrogen-bond donors (Lipinski definition) is 1. The number of quaternary nitrogens is 1. The number of aldehydes is 1. The van der Waals surface area contributed by atoms with Gasteiger partial charge in [0.2, 0.25) is 0 Å². The first-order valence-electron chi connectivity index (χ1n) is 3.92. The van der Waals surface area contributed by atoms with Gasteiger partial charge in [-0.1, -0.05) is 4.76 Å². The zero-order valence-corrected chi connectivity index (χ0v) is 7.04. The monoisotopic (exact) mass is 159 g/mol. The van der Waals surface area contributed by atoms with Crippen LogP contribution < -0.4 is 5.43 Å². The van der Waals surface area contributed by atoms with Gasteiger partial charge in [-0.25, -0.2) is 0 Å². The Kier molecular flexibility index (Phi) is 2.59. The van der Waals surface area contributed by atoms with Crippen LogP contribution in [0.15, 0.2) is 0 Å². The predicted octanol–water partition coefficient (Wildman–Crippen LogP) is -0.140. The molecule has 1 unspecified atom stereocenters. The Bertz CT molecular complexity index is 141. The van der Waals surface area contributed by atoms with Crippen molar-refractivity contribution in [3.8, 4) is 0 Å². The first-order valence-corrected chi connectivity index (χ1v) is 3.92. The van der Waals surface area contributed by atoms with Gasteiger partial charge < -0.3 is 0 Å². The minimum absolute atomic E-state index is 0.280. The number of nitrogens with one attached hydrogen (secondary N) is 1. The fraction of sp³-hybridized carbons (Fsp3) is 0.857. The minimum atomic E-state index is 0.280. The maximum absolute atomic E-state index is 10.3. The van der Waals surface area contributed by atoms with E-state index in [-0.39, 0.29) is 10.8 Å². The van der Waals surface area contributed by atoms with Crippen molar-refractivity contribution in [2.75, 3.05) is 19.7 Å². The summed E-state index contributed by atoms with van der Waals surface area (Å²) in [5, 5.41) is 0. The van der Waals surface area contributed by atoms with Crippen molar-refractivity contribution in [2.45, 2.75) is 19.9 Å². The van der Waals surface area contributed by atoms with E-state index in [0.717, 1.165) is 12.8 Å². The molecule has 1 saturated heterocycles. The molecule has 1 rings (SSSR count). The normalized spacial score (nSPS) is 31.2. The zero-order chi connectivity index (χ0) is 8.32. The van der Waals surface area contributed by atoms with E-state index in [1.807, 2.05) is 13.8 Å². The highest BCUT2D eigenvalue weighted by molar-refractivity contribution is 5.50. The van der Waals surface area contributed by atoms with Crippen molar-refractivity contribution in [3.63, 3.8) is 0 Å². The molecular formula is C7H15N2O2+. The highest BCUT2D eigenvalue weighted by Gasteiger charge is 2.37. The third-order valence-corrected chi connectivity index (χ3v) is 1.98. The summed E-state index contributed by atoms with van der Waals surface area (Å²) in [7, 11) is 0. The van der Waals surface area contributed by atoms with Crippen molar-refractivity contribution in [3.05, 3.63) is 0 Å². The first kappa shape index (κ1) is 8.64. The molecule has 0 spiro atoms. The molecule has 0 bridgehead atoms. The number of hydrogen-bond acceptors (Lipinski definition) is 3. The summed E-state index contributed by atoms with van der Waals surface area (Å²) in [6.45, 7) is 5.96. The second-order valence-electron chi connectivity index (χ2n) is 2.98. The molecule has 0 aromatic heterocycles. The Balaban J connectivity index is 2.61. The fourth-order valence-electron chi connectivity index (χ4n) is 1.26. The average Bonchev–Trinajstić information content (AvgIpc) is 2.38. The largest absolute Gasteiger partial charge is 0.297 e. The second kappa shape index (κ2) is 3.30. The van der Waals surface area contributed by atoms with Crippen LogP contribution in [0.2, 0.25) is 0 Å². The molecule has 4 nitrogen and oxygen atoms in total. The molecule has 4 heteroatoms.